The maximum atomic E-state index is 4.58. The highest BCUT2D eigenvalue weighted by Gasteiger charge is 2.16. The highest BCUT2D eigenvalue weighted by molar-refractivity contribution is 7.26. The standard InChI is InChI=1S/C43H26N2S2/c1-3-10-40-35(7-1)37-23-28-14-18-33(21-30(28)25-42(37)46-40)45(32-16-12-27(13-17-32)39-9-5-6-20-44-39)34-19-15-29-24-38-36-8-2-4-11-41(36)47-43(38)26-31(29)22-34/h1-26H. The van der Waals surface area contributed by atoms with Crippen LogP contribution >= 0.6 is 22.7 Å². The molecule has 0 spiro atoms. The first-order valence-corrected chi connectivity index (χ1v) is 17.4. The van der Waals surface area contributed by atoms with Gasteiger partial charge in [-0.05, 0) is 106 Å². The Kier molecular flexibility index (Phi) is 5.95. The normalized spacial score (nSPS) is 11.8. The van der Waals surface area contributed by atoms with Crippen LogP contribution in [0, 0.1) is 0 Å². The third-order valence-corrected chi connectivity index (χ3v) is 11.5. The van der Waals surface area contributed by atoms with Gasteiger partial charge in [-0.25, -0.2) is 0 Å². The Balaban J connectivity index is 1.15. The number of hydrogen-bond acceptors (Lipinski definition) is 4. The Bertz CT molecular complexity index is 2640. The van der Waals surface area contributed by atoms with Gasteiger partial charge < -0.3 is 4.90 Å². The van der Waals surface area contributed by atoms with E-state index in [4.69, 9.17) is 0 Å². The minimum absolute atomic E-state index is 0.974. The molecule has 47 heavy (non-hydrogen) atoms. The van der Waals surface area contributed by atoms with Crippen molar-refractivity contribution in [3.05, 3.63) is 158 Å². The average Bonchev–Trinajstić information content (AvgIpc) is 3.67. The van der Waals surface area contributed by atoms with E-state index in [2.05, 4.69) is 149 Å². The van der Waals surface area contributed by atoms with Gasteiger partial charge in [-0.3, -0.25) is 4.98 Å². The molecule has 2 nitrogen and oxygen atoms in total. The number of fused-ring (bicyclic) bond motifs is 8. The third kappa shape index (κ3) is 4.41. The summed E-state index contributed by atoms with van der Waals surface area (Å²) in [5.74, 6) is 0. The van der Waals surface area contributed by atoms with Gasteiger partial charge in [0.15, 0.2) is 0 Å². The maximum Gasteiger partial charge on any atom is 0.0701 e. The molecular weight excluding hydrogens is 609 g/mol. The molecule has 0 N–H and O–H groups in total. The van der Waals surface area contributed by atoms with Gasteiger partial charge in [0.1, 0.15) is 0 Å². The summed E-state index contributed by atoms with van der Waals surface area (Å²) in [5, 5.41) is 10.3. The monoisotopic (exact) mass is 634 g/mol. The van der Waals surface area contributed by atoms with E-state index >= 15 is 0 Å². The van der Waals surface area contributed by atoms with Gasteiger partial charge >= 0.3 is 0 Å². The Labute approximate surface area is 279 Å². The van der Waals surface area contributed by atoms with Crippen molar-refractivity contribution in [1.29, 1.82) is 0 Å². The largest absolute Gasteiger partial charge is 0.310 e. The van der Waals surface area contributed by atoms with E-state index in [0.29, 0.717) is 0 Å². The van der Waals surface area contributed by atoms with Crippen LogP contribution in [0.15, 0.2) is 158 Å². The predicted molar refractivity (Wildman–Crippen MR) is 205 cm³/mol. The predicted octanol–water partition coefficient (Wildman–Crippen LogP) is 13.3. The topological polar surface area (TPSA) is 16.1 Å². The van der Waals surface area contributed by atoms with E-state index in [9.17, 15) is 0 Å². The lowest BCUT2D eigenvalue weighted by atomic mass is 10.0. The van der Waals surface area contributed by atoms with Crippen LogP contribution in [-0.4, -0.2) is 4.98 Å². The van der Waals surface area contributed by atoms with E-state index in [1.165, 1.54) is 61.9 Å². The zero-order chi connectivity index (χ0) is 30.9. The molecule has 0 amide bonds. The SMILES string of the molecule is c1ccc(-c2ccc(N(c3ccc4cc5c(cc4c3)sc3ccccc35)c3ccc4cc5c(cc4c3)sc3ccccc35)cc2)nc1. The zero-order valence-corrected chi connectivity index (χ0v) is 26.9. The molecule has 3 aromatic heterocycles. The van der Waals surface area contributed by atoms with E-state index in [1.807, 2.05) is 41.0 Å². The lowest BCUT2D eigenvalue weighted by Crippen LogP contribution is -2.10. The first-order chi connectivity index (χ1) is 23.2. The molecule has 0 saturated heterocycles. The van der Waals surface area contributed by atoms with E-state index in [0.717, 1.165) is 28.3 Å². The van der Waals surface area contributed by atoms with E-state index < -0.39 is 0 Å². The lowest BCUT2D eigenvalue weighted by molar-refractivity contribution is 1.29. The van der Waals surface area contributed by atoms with Crippen LogP contribution in [0.3, 0.4) is 0 Å². The molecule has 0 fully saturated rings. The molecule has 0 saturated carbocycles. The van der Waals surface area contributed by atoms with Gasteiger partial charge in [0, 0.05) is 69.2 Å². The van der Waals surface area contributed by atoms with Crippen LogP contribution in [0.25, 0.3) is 73.1 Å². The molecule has 0 unspecified atom stereocenters. The fourth-order valence-corrected chi connectivity index (χ4v) is 9.22. The molecule has 0 atom stereocenters. The highest BCUT2D eigenvalue weighted by atomic mass is 32.1. The van der Waals surface area contributed by atoms with Crippen LogP contribution in [0.1, 0.15) is 0 Å². The molecule has 0 radical (unpaired) electrons. The van der Waals surface area contributed by atoms with Crippen molar-refractivity contribution in [2.24, 2.45) is 0 Å². The van der Waals surface area contributed by atoms with Crippen molar-refractivity contribution in [2.75, 3.05) is 4.90 Å². The van der Waals surface area contributed by atoms with Gasteiger partial charge in [0.05, 0.1) is 5.69 Å². The number of hydrogen-bond donors (Lipinski definition) is 0. The van der Waals surface area contributed by atoms with Crippen LogP contribution in [-0.2, 0) is 0 Å². The van der Waals surface area contributed by atoms with Crippen molar-refractivity contribution in [2.45, 2.75) is 0 Å². The number of aromatic nitrogens is 1. The number of pyridine rings is 1. The van der Waals surface area contributed by atoms with Gasteiger partial charge in [-0.1, -0.05) is 66.7 Å². The Morgan fingerprint density at radius 2 is 0.915 bits per heavy atom. The summed E-state index contributed by atoms with van der Waals surface area (Å²) in [6.07, 6.45) is 1.85. The third-order valence-electron chi connectivity index (χ3n) is 9.24. The van der Waals surface area contributed by atoms with Crippen molar-refractivity contribution < 1.29 is 0 Å². The zero-order valence-electron chi connectivity index (χ0n) is 25.2. The van der Waals surface area contributed by atoms with Crippen molar-refractivity contribution in [3.63, 3.8) is 0 Å². The van der Waals surface area contributed by atoms with Gasteiger partial charge in [0.2, 0.25) is 0 Å². The summed E-state index contributed by atoms with van der Waals surface area (Å²) in [6, 6.07) is 55.4. The summed E-state index contributed by atoms with van der Waals surface area (Å²) in [5.41, 5.74) is 5.44. The smallest absolute Gasteiger partial charge is 0.0701 e. The molecule has 220 valence electrons. The molecular formula is C43H26N2S2. The van der Waals surface area contributed by atoms with Crippen LogP contribution in [0.5, 0.6) is 0 Å². The van der Waals surface area contributed by atoms with Crippen molar-refractivity contribution in [1.82, 2.24) is 4.98 Å². The molecule has 0 aliphatic rings. The van der Waals surface area contributed by atoms with Crippen molar-refractivity contribution >= 4 is 102 Å². The molecule has 10 aromatic rings. The number of nitrogens with zero attached hydrogens (tertiary/aromatic N) is 2. The van der Waals surface area contributed by atoms with Crippen LogP contribution < -0.4 is 4.90 Å². The van der Waals surface area contributed by atoms with Crippen LogP contribution in [0.4, 0.5) is 17.1 Å². The molecule has 0 aliphatic carbocycles. The van der Waals surface area contributed by atoms with E-state index in [-0.39, 0.29) is 0 Å². The second-order valence-corrected chi connectivity index (χ2v) is 14.2. The van der Waals surface area contributed by atoms with E-state index in [1.54, 1.807) is 0 Å². The fourth-order valence-electron chi connectivity index (χ4n) is 6.95. The number of benzene rings is 7. The number of rotatable bonds is 4. The van der Waals surface area contributed by atoms with Crippen LogP contribution in [0.2, 0.25) is 0 Å². The lowest BCUT2D eigenvalue weighted by Gasteiger charge is -2.26. The van der Waals surface area contributed by atoms with Crippen molar-refractivity contribution in [3.8, 4) is 11.3 Å². The second-order valence-electron chi connectivity index (χ2n) is 12.1. The summed E-state index contributed by atoms with van der Waals surface area (Å²) in [4.78, 5) is 6.96. The molecule has 4 heteroatoms. The Hall–Kier alpha value is -5.55. The Morgan fingerprint density at radius 1 is 0.383 bits per heavy atom. The molecule has 3 heterocycles. The minimum atomic E-state index is 0.974. The average molecular weight is 635 g/mol. The number of anilines is 3. The quantitative estimate of drug-likeness (QED) is 0.191. The summed E-state index contributed by atoms with van der Waals surface area (Å²) in [6.45, 7) is 0. The molecule has 10 rings (SSSR count). The summed E-state index contributed by atoms with van der Waals surface area (Å²) < 4.78 is 5.30. The highest BCUT2D eigenvalue weighted by Crippen LogP contribution is 2.42. The minimum Gasteiger partial charge on any atom is -0.310 e. The second kappa shape index (κ2) is 10.5. The summed E-state index contributed by atoms with van der Waals surface area (Å²) in [7, 11) is 0. The first kappa shape index (κ1) is 26.6. The Morgan fingerprint density at radius 3 is 1.47 bits per heavy atom. The van der Waals surface area contributed by atoms with Gasteiger partial charge in [-0.15, -0.1) is 22.7 Å². The molecule has 0 aliphatic heterocycles. The molecule has 0 bridgehead atoms. The maximum absolute atomic E-state index is 4.58. The summed E-state index contributed by atoms with van der Waals surface area (Å²) >= 11 is 3.74. The number of thiophene rings is 2. The first-order valence-electron chi connectivity index (χ1n) is 15.8. The van der Waals surface area contributed by atoms with Gasteiger partial charge in [0.25, 0.3) is 0 Å². The van der Waals surface area contributed by atoms with Gasteiger partial charge in [-0.2, -0.15) is 0 Å². The molecule has 7 aromatic carbocycles. The fraction of sp³-hybridized carbons (Fsp3) is 0.